The van der Waals surface area contributed by atoms with Crippen LogP contribution in [0.25, 0.3) is 0 Å². The lowest BCUT2D eigenvalue weighted by molar-refractivity contribution is 0.600. The topological polar surface area (TPSA) is 84.0 Å². The Labute approximate surface area is 123 Å². The Morgan fingerprint density at radius 1 is 1.25 bits per heavy atom. The van der Waals surface area contributed by atoms with Gasteiger partial charge in [-0.15, -0.1) is 0 Å². The van der Waals surface area contributed by atoms with E-state index in [1.165, 1.54) is 12.1 Å². The molecular formula is C11H10BrFN4O2S. The molecule has 0 spiro atoms. The minimum Gasteiger partial charge on any atom is -0.357 e. The van der Waals surface area contributed by atoms with Gasteiger partial charge in [-0.2, -0.15) is 0 Å². The molecule has 6 nitrogen and oxygen atoms in total. The van der Waals surface area contributed by atoms with Crippen molar-refractivity contribution >= 4 is 37.6 Å². The Hall–Kier alpha value is -1.74. The standard InChI is InChI=1S/C11H10BrFN4O2S/c1-14-11-15-5-8(6-16-11)20(18,19)17-10-4-7(13)2-3-9(10)12/h2-6,17H,1H3,(H,14,15,16). The number of aromatic nitrogens is 2. The third kappa shape index (κ3) is 3.23. The van der Waals surface area contributed by atoms with Gasteiger partial charge in [0.15, 0.2) is 0 Å². The smallest absolute Gasteiger partial charge is 0.265 e. The van der Waals surface area contributed by atoms with E-state index in [-0.39, 0.29) is 10.6 Å². The van der Waals surface area contributed by atoms with Crippen LogP contribution in [0, 0.1) is 5.82 Å². The number of sulfonamides is 1. The first kappa shape index (κ1) is 14.7. The number of hydrogen-bond acceptors (Lipinski definition) is 5. The van der Waals surface area contributed by atoms with Crippen molar-refractivity contribution < 1.29 is 12.8 Å². The summed E-state index contributed by atoms with van der Waals surface area (Å²) in [5.74, 6) is -0.247. The van der Waals surface area contributed by atoms with Crippen LogP contribution in [0.5, 0.6) is 0 Å². The van der Waals surface area contributed by atoms with Crippen molar-refractivity contribution in [3.05, 3.63) is 40.9 Å². The molecule has 1 aromatic carbocycles. The van der Waals surface area contributed by atoms with E-state index >= 15 is 0 Å². The number of halogens is 2. The van der Waals surface area contributed by atoms with Crippen LogP contribution < -0.4 is 10.0 Å². The highest BCUT2D eigenvalue weighted by Gasteiger charge is 2.17. The van der Waals surface area contributed by atoms with Gasteiger partial charge in [-0.3, -0.25) is 4.72 Å². The van der Waals surface area contributed by atoms with E-state index in [2.05, 4.69) is 35.9 Å². The molecule has 0 aliphatic rings. The molecule has 0 atom stereocenters. The lowest BCUT2D eigenvalue weighted by Gasteiger charge is -2.09. The molecule has 106 valence electrons. The molecule has 0 bridgehead atoms. The van der Waals surface area contributed by atoms with Crippen LogP contribution >= 0.6 is 15.9 Å². The van der Waals surface area contributed by atoms with Crippen molar-refractivity contribution in [2.45, 2.75) is 4.90 Å². The summed E-state index contributed by atoms with van der Waals surface area (Å²) in [6, 6.07) is 3.70. The molecule has 20 heavy (non-hydrogen) atoms. The van der Waals surface area contributed by atoms with Crippen LogP contribution in [0.1, 0.15) is 0 Å². The van der Waals surface area contributed by atoms with E-state index < -0.39 is 15.8 Å². The second kappa shape index (κ2) is 5.71. The summed E-state index contributed by atoms with van der Waals surface area (Å²) in [4.78, 5) is 7.52. The van der Waals surface area contributed by atoms with Crippen molar-refractivity contribution in [1.82, 2.24) is 9.97 Å². The first-order chi connectivity index (χ1) is 9.42. The number of rotatable bonds is 4. The zero-order valence-corrected chi connectivity index (χ0v) is 12.7. The minimum absolute atomic E-state index is 0.0997. The Kier molecular flexibility index (Phi) is 4.19. The van der Waals surface area contributed by atoms with E-state index in [1.807, 2.05) is 0 Å². The third-order valence-corrected chi connectivity index (χ3v) is 4.35. The summed E-state index contributed by atoms with van der Waals surface area (Å²) in [5, 5.41) is 2.68. The van der Waals surface area contributed by atoms with Crippen LogP contribution in [0.4, 0.5) is 16.0 Å². The van der Waals surface area contributed by atoms with Crippen molar-refractivity contribution in [2.24, 2.45) is 0 Å². The van der Waals surface area contributed by atoms with Crippen molar-refractivity contribution in [1.29, 1.82) is 0 Å². The summed E-state index contributed by atoms with van der Waals surface area (Å²) >= 11 is 3.14. The van der Waals surface area contributed by atoms with Crippen LogP contribution in [-0.2, 0) is 10.0 Å². The lowest BCUT2D eigenvalue weighted by Crippen LogP contribution is -2.14. The highest BCUT2D eigenvalue weighted by Crippen LogP contribution is 2.25. The summed E-state index contributed by atoms with van der Waals surface area (Å²) in [6.45, 7) is 0. The maximum atomic E-state index is 13.1. The molecule has 0 radical (unpaired) electrons. The number of benzene rings is 1. The zero-order valence-electron chi connectivity index (χ0n) is 10.3. The Morgan fingerprint density at radius 2 is 1.90 bits per heavy atom. The van der Waals surface area contributed by atoms with Crippen molar-refractivity contribution in [3.63, 3.8) is 0 Å². The molecular weight excluding hydrogens is 351 g/mol. The number of hydrogen-bond donors (Lipinski definition) is 2. The van der Waals surface area contributed by atoms with Gasteiger partial charge in [-0.25, -0.2) is 22.8 Å². The fraction of sp³-hybridized carbons (Fsp3) is 0.0909. The van der Waals surface area contributed by atoms with E-state index in [1.54, 1.807) is 7.05 Å². The average Bonchev–Trinajstić information content (AvgIpc) is 2.43. The van der Waals surface area contributed by atoms with E-state index in [9.17, 15) is 12.8 Å². The van der Waals surface area contributed by atoms with Gasteiger partial charge in [0.1, 0.15) is 10.7 Å². The molecule has 0 saturated heterocycles. The second-order valence-corrected chi connectivity index (χ2v) is 6.26. The summed E-state index contributed by atoms with van der Waals surface area (Å²) in [6.07, 6.45) is 2.32. The molecule has 0 unspecified atom stereocenters. The van der Waals surface area contributed by atoms with Crippen molar-refractivity contribution in [2.75, 3.05) is 17.1 Å². The molecule has 2 rings (SSSR count). The van der Waals surface area contributed by atoms with Gasteiger partial charge in [0, 0.05) is 11.5 Å². The fourth-order valence-electron chi connectivity index (χ4n) is 1.36. The van der Waals surface area contributed by atoms with Gasteiger partial charge >= 0.3 is 0 Å². The maximum absolute atomic E-state index is 13.1. The van der Waals surface area contributed by atoms with Gasteiger partial charge < -0.3 is 5.32 Å². The summed E-state index contributed by atoms with van der Waals surface area (Å²) in [5.41, 5.74) is 0.0997. The third-order valence-electron chi connectivity index (χ3n) is 2.33. The van der Waals surface area contributed by atoms with E-state index in [4.69, 9.17) is 0 Å². The Bertz CT molecular complexity index is 722. The Morgan fingerprint density at radius 3 is 2.50 bits per heavy atom. The molecule has 9 heteroatoms. The monoisotopic (exact) mass is 360 g/mol. The average molecular weight is 361 g/mol. The fourth-order valence-corrected chi connectivity index (χ4v) is 2.80. The normalized spacial score (nSPS) is 11.2. The minimum atomic E-state index is -3.88. The van der Waals surface area contributed by atoms with Gasteiger partial charge in [0.2, 0.25) is 5.95 Å². The van der Waals surface area contributed by atoms with Gasteiger partial charge in [-0.1, -0.05) is 0 Å². The van der Waals surface area contributed by atoms with Gasteiger partial charge in [-0.05, 0) is 34.1 Å². The van der Waals surface area contributed by atoms with E-state index in [0.29, 0.717) is 10.4 Å². The van der Waals surface area contributed by atoms with Gasteiger partial charge in [0.25, 0.3) is 10.0 Å². The molecule has 0 aliphatic carbocycles. The first-order valence-electron chi connectivity index (χ1n) is 5.40. The van der Waals surface area contributed by atoms with Crippen LogP contribution in [-0.4, -0.2) is 25.4 Å². The van der Waals surface area contributed by atoms with Crippen LogP contribution in [0.3, 0.4) is 0 Å². The Balaban J connectivity index is 2.32. The molecule has 0 saturated carbocycles. The highest BCUT2D eigenvalue weighted by molar-refractivity contribution is 9.10. The van der Waals surface area contributed by atoms with E-state index in [0.717, 1.165) is 18.5 Å². The molecule has 0 fully saturated rings. The molecule has 2 aromatic rings. The highest BCUT2D eigenvalue weighted by atomic mass is 79.9. The second-order valence-electron chi connectivity index (χ2n) is 3.72. The predicted molar refractivity (Wildman–Crippen MR) is 76.5 cm³/mol. The summed E-state index contributed by atoms with van der Waals surface area (Å²) < 4.78 is 40.0. The molecule has 0 aliphatic heterocycles. The zero-order chi connectivity index (χ0) is 14.8. The molecule has 1 aromatic heterocycles. The number of anilines is 2. The molecule has 0 amide bonds. The molecule has 2 N–H and O–H groups in total. The molecule has 1 heterocycles. The first-order valence-corrected chi connectivity index (χ1v) is 7.67. The van der Waals surface area contributed by atoms with Crippen LogP contribution in [0.15, 0.2) is 40.0 Å². The quantitative estimate of drug-likeness (QED) is 0.873. The largest absolute Gasteiger partial charge is 0.357 e. The van der Waals surface area contributed by atoms with Crippen LogP contribution in [0.2, 0.25) is 0 Å². The van der Waals surface area contributed by atoms with Gasteiger partial charge in [0.05, 0.1) is 18.1 Å². The number of nitrogens with one attached hydrogen (secondary N) is 2. The SMILES string of the molecule is CNc1ncc(S(=O)(=O)Nc2cc(F)ccc2Br)cn1. The summed E-state index contributed by atoms with van der Waals surface area (Å²) in [7, 11) is -2.26. The number of nitrogens with zero attached hydrogens (tertiary/aromatic N) is 2. The predicted octanol–water partition coefficient (Wildman–Crippen LogP) is 2.22. The maximum Gasteiger partial charge on any atom is 0.265 e. The van der Waals surface area contributed by atoms with Crippen molar-refractivity contribution in [3.8, 4) is 0 Å². The lowest BCUT2D eigenvalue weighted by atomic mass is 10.3.